The van der Waals surface area contributed by atoms with Gasteiger partial charge in [-0.25, -0.2) is 0 Å². The zero-order valence-electron chi connectivity index (χ0n) is 14.7. The minimum Gasteiger partial charge on any atom is -0.389 e. The van der Waals surface area contributed by atoms with Gasteiger partial charge in [0, 0.05) is 18.0 Å². The van der Waals surface area contributed by atoms with Crippen LogP contribution < -0.4 is 0 Å². The van der Waals surface area contributed by atoms with Crippen LogP contribution in [0.3, 0.4) is 0 Å². The van der Waals surface area contributed by atoms with E-state index in [1.54, 1.807) is 6.92 Å². The molecule has 2 unspecified atom stereocenters. The molecular weight excluding hydrogens is 298 g/mol. The molecular formula is C21H27NO2. The molecule has 1 aliphatic rings. The first-order chi connectivity index (χ1) is 11.6. The highest BCUT2D eigenvalue weighted by Gasteiger charge is 2.27. The number of hydrogen-bond donors (Lipinski definition) is 1. The SMILES string of the molecule is CCCN1CCCC(C(=O)c2cc(C(C)O)c3ccccc3c2)C1. The van der Waals surface area contributed by atoms with Gasteiger partial charge in [-0.3, -0.25) is 4.79 Å². The maximum absolute atomic E-state index is 13.1. The predicted octanol–water partition coefficient (Wildman–Crippen LogP) is 4.20. The Balaban J connectivity index is 1.92. The molecule has 3 nitrogen and oxygen atoms in total. The number of likely N-dealkylation sites (tertiary alicyclic amines) is 1. The molecule has 0 aliphatic carbocycles. The van der Waals surface area contributed by atoms with E-state index in [-0.39, 0.29) is 11.7 Å². The molecule has 1 saturated heterocycles. The summed E-state index contributed by atoms with van der Waals surface area (Å²) in [5.74, 6) is 0.303. The van der Waals surface area contributed by atoms with Crippen molar-refractivity contribution in [2.75, 3.05) is 19.6 Å². The number of ketones is 1. The Labute approximate surface area is 144 Å². The highest BCUT2D eigenvalue weighted by Crippen LogP contribution is 2.29. The number of aliphatic hydroxyl groups is 1. The molecule has 1 N–H and O–H groups in total. The summed E-state index contributed by atoms with van der Waals surface area (Å²) >= 11 is 0. The van der Waals surface area contributed by atoms with Crippen LogP contribution in [0.15, 0.2) is 36.4 Å². The molecule has 0 amide bonds. The lowest BCUT2D eigenvalue weighted by Gasteiger charge is -2.31. The van der Waals surface area contributed by atoms with Crippen molar-refractivity contribution in [1.82, 2.24) is 4.90 Å². The lowest BCUT2D eigenvalue weighted by Crippen LogP contribution is -2.39. The summed E-state index contributed by atoms with van der Waals surface area (Å²) < 4.78 is 0. The van der Waals surface area contributed by atoms with Crippen LogP contribution in [-0.4, -0.2) is 35.4 Å². The molecule has 1 heterocycles. The van der Waals surface area contributed by atoms with Crippen LogP contribution in [0.5, 0.6) is 0 Å². The summed E-state index contributed by atoms with van der Waals surface area (Å²) in [6, 6.07) is 11.9. The number of rotatable bonds is 5. The second kappa shape index (κ2) is 7.45. The Morgan fingerprint density at radius 1 is 1.33 bits per heavy atom. The van der Waals surface area contributed by atoms with Crippen LogP contribution in [0.4, 0.5) is 0 Å². The van der Waals surface area contributed by atoms with Gasteiger partial charge in [-0.1, -0.05) is 31.2 Å². The quantitative estimate of drug-likeness (QED) is 0.838. The fraction of sp³-hybridized carbons (Fsp3) is 0.476. The van der Waals surface area contributed by atoms with Crippen molar-refractivity contribution in [2.45, 2.75) is 39.2 Å². The highest BCUT2D eigenvalue weighted by atomic mass is 16.3. The Morgan fingerprint density at radius 2 is 2.12 bits per heavy atom. The van der Waals surface area contributed by atoms with Gasteiger partial charge in [-0.2, -0.15) is 0 Å². The second-order valence-electron chi connectivity index (χ2n) is 6.97. The molecule has 2 aromatic rings. The number of carbonyl (C=O) groups excluding carboxylic acids is 1. The number of hydrogen-bond acceptors (Lipinski definition) is 3. The minimum absolute atomic E-state index is 0.0771. The third kappa shape index (κ3) is 3.52. The summed E-state index contributed by atoms with van der Waals surface area (Å²) in [5.41, 5.74) is 1.59. The van der Waals surface area contributed by atoms with Crippen molar-refractivity contribution in [1.29, 1.82) is 0 Å². The van der Waals surface area contributed by atoms with Crippen LogP contribution in [0.2, 0.25) is 0 Å². The van der Waals surface area contributed by atoms with Gasteiger partial charge in [-0.05, 0) is 67.7 Å². The maximum Gasteiger partial charge on any atom is 0.167 e. The molecule has 128 valence electrons. The molecule has 0 saturated carbocycles. The Morgan fingerprint density at radius 3 is 2.88 bits per heavy atom. The van der Waals surface area contributed by atoms with Gasteiger partial charge in [0.15, 0.2) is 5.78 Å². The fourth-order valence-corrected chi connectivity index (χ4v) is 3.85. The van der Waals surface area contributed by atoms with Crippen molar-refractivity contribution >= 4 is 16.6 Å². The zero-order chi connectivity index (χ0) is 17.1. The number of benzene rings is 2. The number of nitrogens with zero attached hydrogens (tertiary/aromatic N) is 1. The molecule has 24 heavy (non-hydrogen) atoms. The zero-order valence-corrected chi connectivity index (χ0v) is 14.7. The smallest absolute Gasteiger partial charge is 0.167 e. The topological polar surface area (TPSA) is 40.5 Å². The Hall–Kier alpha value is -1.71. The molecule has 0 spiro atoms. The molecule has 3 heteroatoms. The number of carbonyl (C=O) groups is 1. The highest BCUT2D eigenvalue weighted by molar-refractivity contribution is 6.02. The van der Waals surface area contributed by atoms with E-state index in [0.29, 0.717) is 0 Å². The van der Waals surface area contributed by atoms with E-state index < -0.39 is 6.10 Å². The van der Waals surface area contributed by atoms with Crippen molar-refractivity contribution in [3.05, 3.63) is 47.5 Å². The van der Waals surface area contributed by atoms with E-state index in [0.717, 1.165) is 60.8 Å². The third-order valence-electron chi connectivity index (χ3n) is 5.04. The monoisotopic (exact) mass is 325 g/mol. The first-order valence-electron chi connectivity index (χ1n) is 9.07. The molecule has 1 fully saturated rings. The van der Waals surface area contributed by atoms with E-state index in [4.69, 9.17) is 0 Å². The van der Waals surface area contributed by atoms with Gasteiger partial charge in [0.1, 0.15) is 0 Å². The van der Waals surface area contributed by atoms with Gasteiger partial charge in [0.2, 0.25) is 0 Å². The maximum atomic E-state index is 13.1. The van der Waals surface area contributed by atoms with Gasteiger partial charge in [0.25, 0.3) is 0 Å². The van der Waals surface area contributed by atoms with Crippen LogP contribution in [0.1, 0.15) is 55.1 Å². The summed E-state index contributed by atoms with van der Waals surface area (Å²) in [4.78, 5) is 15.5. The van der Waals surface area contributed by atoms with Gasteiger partial charge in [0.05, 0.1) is 6.10 Å². The number of fused-ring (bicyclic) bond motifs is 1. The molecule has 0 bridgehead atoms. The number of Topliss-reactive ketones (excluding diaryl/α,β-unsaturated/α-hetero) is 1. The minimum atomic E-state index is -0.578. The van der Waals surface area contributed by atoms with Gasteiger partial charge in [-0.15, -0.1) is 0 Å². The van der Waals surface area contributed by atoms with Crippen LogP contribution in [0.25, 0.3) is 10.8 Å². The van der Waals surface area contributed by atoms with E-state index >= 15 is 0 Å². The largest absolute Gasteiger partial charge is 0.389 e. The van der Waals surface area contributed by atoms with E-state index in [1.807, 2.05) is 36.4 Å². The summed E-state index contributed by atoms with van der Waals surface area (Å²) in [6.07, 6.45) is 2.61. The lowest BCUT2D eigenvalue weighted by molar-refractivity contribution is 0.0820. The molecule has 3 rings (SSSR count). The lowest BCUT2D eigenvalue weighted by atomic mass is 9.87. The first-order valence-corrected chi connectivity index (χ1v) is 9.07. The fourth-order valence-electron chi connectivity index (χ4n) is 3.85. The molecule has 2 atom stereocenters. The summed E-state index contributed by atoms with van der Waals surface area (Å²) in [7, 11) is 0. The first kappa shape index (κ1) is 17.1. The van der Waals surface area contributed by atoms with E-state index in [1.165, 1.54) is 0 Å². The average molecular weight is 325 g/mol. The number of piperidine rings is 1. The average Bonchev–Trinajstić information content (AvgIpc) is 2.60. The van der Waals surface area contributed by atoms with E-state index in [9.17, 15) is 9.90 Å². The van der Waals surface area contributed by atoms with Crippen molar-refractivity contribution in [3.8, 4) is 0 Å². The van der Waals surface area contributed by atoms with Crippen molar-refractivity contribution < 1.29 is 9.90 Å². The molecule has 1 aliphatic heterocycles. The molecule has 0 radical (unpaired) electrons. The molecule has 2 aromatic carbocycles. The second-order valence-corrected chi connectivity index (χ2v) is 6.97. The van der Waals surface area contributed by atoms with E-state index in [2.05, 4.69) is 11.8 Å². The van der Waals surface area contributed by atoms with Crippen molar-refractivity contribution in [3.63, 3.8) is 0 Å². The summed E-state index contributed by atoms with van der Waals surface area (Å²) in [5, 5.41) is 12.2. The normalized spacial score (nSPS) is 20.2. The van der Waals surface area contributed by atoms with Gasteiger partial charge >= 0.3 is 0 Å². The molecule has 0 aromatic heterocycles. The summed E-state index contributed by atoms with van der Waals surface area (Å²) in [6.45, 7) is 6.99. The third-order valence-corrected chi connectivity index (χ3v) is 5.04. The van der Waals surface area contributed by atoms with Crippen molar-refractivity contribution in [2.24, 2.45) is 5.92 Å². The van der Waals surface area contributed by atoms with Gasteiger partial charge < -0.3 is 10.0 Å². The Kier molecular flexibility index (Phi) is 5.32. The number of aliphatic hydroxyl groups excluding tert-OH is 1. The van der Waals surface area contributed by atoms with Crippen LogP contribution >= 0.6 is 0 Å². The van der Waals surface area contributed by atoms with Crippen LogP contribution in [-0.2, 0) is 0 Å². The van der Waals surface area contributed by atoms with Crippen LogP contribution in [0, 0.1) is 5.92 Å². The standard InChI is InChI=1S/C21H27NO2/c1-3-10-22-11-6-8-17(14-22)21(24)18-12-16-7-4-5-9-19(16)20(13-18)15(2)23/h4-5,7,9,12-13,15,17,23H,3,6,8,10-11,14H2,1-2H3. The Bertz CT molecular complexity index is 721. The predicted molar refractivity (Wildman–Crippen MR) is 98.4 cm³/mol.